The van der Waals surface area contributed by atoms with Gasteiger partial charge in [0, 0.05) is 18.7 Å². The average Bonchev–Trinajstić information content (AvgIpc) is 3.29. The number of aryl methyl sites for hydroxylation is 1. The van der Waals surface area contributed by atoms with Crippen LogP contribution >= 0.6 is 0 Å². The van der Waals surface area contributed by atoms with Crippen LogP contribution in [0.4, 0.5) is 5.69 Å². The topological polar surface area (TPSA) is 87.8 Å². The summed E-state index contributed by atoms with van der Waals surface area (Å²) in [6.07, 6.45) is 0.771. The number of nitrogens with zero attached hydrogens (tertiary/aromatic N) is 3. The highest BCUT2D eigenvalue weighted by atomic mass is 32.2. The normalized spacial score (nSPS) is 11.4. The van der Waals surface area contributed by atoms with Gasteiger partial charge in [-0.3, -0.25) is 0 Å². The highest BCUT2D eigenvalue weighted by Crippen LogP contribution is 2.26. The minimum atomic E-state index is -3.46. The quantitative estimate of drug-likeness (QED) is 0.278. The van der Waals surface area contributed by atoms with E-state index >= 15 is 0 Å². The predicted molar refractivity (Wildman–Crippen MR) is 147 cm³/mol. The lowest BCUT2D eigenvalue weighted by molar-refractivity contribution is 0.598. The van der Waals surface area contributed by atoms with Crippen LogP contribution in [0.15, 0.2) is 102 Å². The summed E-state index contributed by atoms with van der Waals surface area (Å²) in [6.45, 7) is 2.71. The van der Waals surface area contributed by atoms with Crippen molar-refractivity contribution in [2.24, 2.45) is 0 Å². The van der Waals surface area contributed by atoms with Gasteiger partial charge in [-0.25, -0.2) is 13.4 Å². The third-order valence-electron chi connectivity index (χ3n) is 6.37. The van der Waals surface area contributed by atoms with Crippen LogP contribution in [0.2, 0.25) is 0 Å². The Hall–Kier alpha value is -4.41. The van der Waals surface area contributed by atoms with Crippen LogP contribution in [0.25, 0.3) is 22.2 Å². The molecule has 4 aromatic carbocycles. The number of sulfone groups is 1. The van der Waals surface area contributed by atoms with Gasteiger partial charge >= 0.3 is 0 Å². The van der Waals surface area contributed by atoms with Crippen LogP contribution in [0, 0.1) is 11.3 Å². The molecular weight excluding hydrogens is 480 g/mol. The fourth-order valence-electron chi connectivity index (χ4n) is 4.42. The molecule has 0 atom stereocenters. The lowest BCUT2D eigenvalue weighted by atomic mass is 9.99. The molecule has 0 bridgehead atoms. The van der Waals surface area contributed by atoms with E-state index in [0.717, 1.165) is 45.7 Å². The van der Waals surface area contributed by atoms with E-state index in [2.05, 4.69) is 35.0 Å². The van der Waals surface area contributed by atoms with Crippen molar-refractivity contribution in [1.29, 1.82) is 5.26 Å². The number of benzene rings is 4. The predicted octanol–water partition coefficient (Wildman–Crippen LogP) is 6.03. The van der Waals surface area contributed by atoms with Crippen LogP contribution in [0.1, 0.15) is 23.9 Å². The summed E-state index contributed by atoms with van der Waals surface area (Å²) in [7, 11) is -3.46. The Bertz CT molecular complexity index is 1700. The molecule has 0 radical (unpaired) electrons. The van der Waals surface area contributed by atoms with Gasteiger partial charge in [-0.2, -0.15) is 5.26 Å². The maximum atomic E-state index is 12.7. The molecule has 5 rings (SSSR count). The summed E-state index contributed by atoms with van der Waals surface area (Å²) in [6, 6.07) is 32.3. The van der Waals surface area contributed by atoms with E-state index in [1.807, 2.05) is 54.6 Å². The van der Waals surface area contributed by atoms with Gasteiger partial charge in [0.1, 0.15) is 11.7 Å². The maximum Gasteiger partial charge on any atom is 0.196 e. The minimum Gasteiger partial charge on any atom is -0.371 e. The fourth-order valence-corrected chi connectivity index (χ4v) is 5.52. The van der Waals surface area contributed by atoms with Gasteiger partial charge in [0.05, 0.1) is 27.6 Å². The van der Waals surface area contributed by atoms with Crippen LogP contribution in [-0.2, 0) is 22.8 Å². The van der Waals surface area contributed by atoms with E-state index in [0.29, 0.717) is 17.0 Å². The SMILES string of the molecule is CCc1nc2ccc(NCS(=O)(=O)c3ccccc3)cc2n1Cc1ccc(-c2ccccc2C#N)cc1. The largest absolute Gasteiger partial charge is 0.371 e. The maximum absolute atomic E-state index is 12.7. The number of nitriles is 1. The molecule has 0 fully saturated rings. The van der Waals surface area contributed by atoms with Gasteiger partial charge in [-0.05, 0) is 53.1 Å². The Kier molecular flexibility index (Phi) is 6.76. The van der Waals surface area contributed by atoms with Crippen molar-refractivity contribution in [2.75, 3.05) is 11.2 Å². The molecule has 0 saturated heterocycles. The van der Waals surface area contributed by atoms with Crippen molar-refractivity contribution >= 4 is 26.6 Å². The molecule has 6 nitrogen and oxygen atoms in total. The van der Waals surface area contributed by atoms with E-state index in [4.69, 9.17) is 4.98 Å². The molecule has 1 aromatic heterocycles. The number of hydrogen-bond donors (Lipinski definition) is 1. The molecule has 0 amide bonds. The summed E-state index contributed by atoms with van der Waals surface area (Å²) in [4.78, 5) is 5.09. The number of imidazole rings is 1. The Balaban J connectivity index is 1.40. The van der Waals surface area contributed by atoms with E-state index in [1.54, 1.807) is 30.3 Å². The van der Waals surface area contributed by atoms with Crippen LogP contribution < -0.4 is 5.32 Å². The highest BCUT2D eigenvalue weighted by molar-refractivity contribution is 7.91. The first kappa shape index (κ1) is 24.3. The third kappa shape index (κ3) is 5.11. The summed E-state index contributed by atoms with van der Waals surface area (Å²) >= 11 is 0. The Labute approximate surface area is 216 Å². The Morgan fingerprint density at radius 3 is 2.38 bits per heavy atom. The summed E-state index contributed by atoms with van der Waals surface area (Å²) in [5.74, 6) is 0.770. The highest BCUT2D eigenvalue weighted by Gasteiger charge is 2.15. The molecule has 0 aliphatic rings. The van der Waals surface area contributed by atoms with Gasteiger partial charge < -0.3 is 9.88 Å². The third-order valence-corrected chi connectivity index (χ3v) is 7.88. The van der Waals surface area contributed by atoms with E-state index < -0.39 is 9.84 Å². The zero-order chi connectivity index (χ0) is 25.8. The van der Waals surface area contributed by atoms with Crippen molar-refractivity contribution in [3.05, 3.63) is 114 Å². The van der Waals surface area contributed by atoms with Gasteiger partial charge in [0.25, 0.3) is 0 Å². The monoisotopic (exact) mass is 506 g/mol. The molecule has 0 unspecified atom stereocenters. The second-order valence-electron chi connectivity index (χ2n) is 8.77. The van der Waals surface area contributed by atoms with Crippen LogP contribution in [0.3, 0.4) is 0 Å². The molecule has 0 saturated carbocycles. The smallest absolute Gasteiger partial charge is 0.196 e. The van der Waals surface area contributed by atoms with Gasteiger partial charge in [-0.1, -0.05) is 67.6 Å². The molecule has 1 N–H and O–H groups in total. The minimum absolute atomic E-state index is 0.192. The molecule has 184 valence electrons. The second-order valence-corrected chi connectivity index (χ2v) is 10.8. The summed E-state index contributed by atoms with van der Waals surface area (Å²) < 4.78 is 27.6. The van der Waals surface area contributed by atoms with Crippen LogP contribution in [-0.4, -0.2) is 23.8 Å². The molecule has 37 heavy (non-hydrogen) atoms. The van der Waals surface area contributed by atoms with E-state index in [-0.39, 0.29) is 5.88 Å². The Morgan fingerprint density at radius 2 is 1.65 bits per heavy atom. The number of rotatable bonds is 8. The number of aromatic nitrogens is 2. The van der Waals surface area contributed by atoms with Crippen molar-refractivity contribution in [3.8, 4) is 17.2 Å². The van der Waals surface area contributed by atoms with Crippen molar-refractivity contribution in [2.45, 2.75) is 24.8 Å². The fraction of sp³-hybridized carbons (Fsp3) is 0.133. The van der Waals surface area contributed by atoms with Crippen molar-refractivity contribution in [1.82, 2.24) is 9.55 Å². The lowest BCUT2D eigenvalue weighted by Crippen LogP contribution is -2.14. The lowest BCUT2D eigenvalue weighted by Gasteiger charge is -2.12. The van der Waals surface area contributed by atoms with Crippen molar-refractivity contribution in [3.63, 3.8) is 0 Å². The Morgan fingerprint density at radius 1 is 0.919 bits per heavy atom. The molecule has 1 heterocycles. The number of fused-ring (bicyclic) bond motifs is 1. The molecule has 0 aliphatic carbocycles. The average molecular weight is 507 g/mol. The van der Waals surface area contributed by atoms with Gasteiger partial charge in [-0.15, -0.1) is 0 Å². The molecule has 0 aliphatic heterocycles. The molecular formula is C30H26N4O2S. The van der Waals surface area contributed by atoms with E-state index in [1.165, 1.54) is 0 Å². The van der Waals surface area contributed by atoms with Crippen LogP contribution in [0.5, 0.6) is 0 Å². The number of nitrogens with one attached hydrogen (secondary N) is 1. The molecule has 5 aromatic rings. The number of hydrogen-bond acceptors (Lipinski definition) is 5. The second kappa shape index (κ2) is 10.3. The summed E-state index contributed by atoms with van der Waals surface area (Å²) in [5, 5.41) is 12.5. The molecule has 0 spiro atoms. The zero-order valence-corrected chi connectivity index (χ0v) is 21.2. The number of anilines is 1. The standard InChI is InChI=1S/C30H26N4O2S/c1-2-30-33-28-17-16-25(32-21-37(35,36)26-9-4-3-5-10-26)18-29(28)34(30)20-22-12-14-23(15-13-22)27-11-7-6-8-24(27)19-31/h3-18,32H,2,20-21H2,1H3. The van der Waals surface area contributed by atoms with Crippen molar-refractivity contribution < 1.29 is 8.42 Å². The first-order valence-electron chi connectivity index (χ1n) is 12.1. The van der Waals surface area contributed by atoms with Gasteiger partial charge in [0.15, 0.2) is 9.84 Å². The molecule has 7 heteroatoms. The van der Waals surface area contributed by atoms with E-state index in [9.17, 15) is 13.7 Å². The first-order chi connectivity index (χ1) is 18.0. The van der Waals surface area contributed by atoms with Gasteiger partial charge in [0.2, 0.25) is 0 Å². The zero-order valence-electron chi connectivity index (χ0n) is 20.4. The summed E-state index contributed by atoms with van der Waals surface area (Å²) in [5.41, 5.74) is 6.21. The first-order valence-corrected chi connectivity index (χ1v) is 13.7.